The van der Waals surface area contributed by atoms with Crippen LogP contribution in [0, 0.1) is 0 Å². The van der Waals surface area contributed by atoms with E-state index in [1.807, 2.05) is 0 Å². The Bertz CT molecular complexity index is 242. The van der Waals surface area contributed by atoms with Gasteiger partial charge in [0.25, 0.3) is 0 Å². The van der Waals surface area contributed by atoms with Gasteiger partial charge in [0.1, 0.15) is 6.10 Å². The second-order valence-corrected chi connectivity index (χ2v) is 2.31. The van der Waals surface area contributed by atoms with E-state index in [4.69, 9.17) is 20.4 Å². The molecule has 1 rings (SSSR count). The summed E-state index contributed by atoms with van der Waals surface area (Å²) in [6.07, 6.45) is -2.78. The summed E-state index contributed by atoms with van der Waals surface area (Å²) in [6, 6.07) is 0. The van der Waals surface area contributed by atoms with Crippen LogP contribution in [0.1, 0.15) is 0 Å². The number of aliphatic hydroxyl groups is 4. The Morgan fingerprint density at radius 2 is 1.93 bits per heavy atom. The predicted molar refractivity (Wildman–Crippen MR) is 50.9 cm³/mol. The van der Waals surface area contributed by atoms with Crippen LogP contribution in [-0.2, 0) is 9.53 Å². The van der Waals surface area contributed by atoms with Gasteiger partial charge >= 0.3 is 62.8 Å². The molecular weight excluding hydrogens is 398 g/mol. The van der Waals surface area contributed by atoms with Gasteiger partial charge in [-0.2, -0.15) is 0 Å². The number of hydrogen-bond donors (Lipinski definition) is 4. The Kier molecular flexibility index (Phi) is 8.55. The van der Waals surface area contributed by atoms with Gasteiger partial charge in [0, 0.05) is 0 Å². The third-order valence-electron chi connectivity index (χ3n) is 1.48. The Morgan fingerprint density at radius 3 is 2.21 bits per heavy atom. The van der Waals surface area contributed by atoms with Gasteiger partial charge in [0.2, 0.25) is 5.76 Å². The van der Waals surface area contributed by atoms with E-state index in [0.29, 0.717) is 0 Å². The van der Waals surface area contributed by atoms with Crippen LogP contribution in [0.25, 0.3) is 0 Å². The quantitative estimate of drug-likeness (QED) is 0.287. The maximum absolute atomic E-state index is 10.5. The van der Waals surface area contributed by atoms with Crippen LogP contribution >= 0.6 is 0 Å². The molecule has 0 amide bonds. The van der Waals surface area contributed by atoms with Crippen LogP contribution in [0.4, 0.5) is 0 Å². The SMILES string of the molecule is O=C1O[C@H]([C@@H](O)CO)C(O)=C1O.[NaH].[PbH2]. The minimum atomic E-state index is -1.42. The Hall–Kier alpha value is 0.652. The summed E-state index contributed by atoms with van der Waals surface area (Å²) in [5.41, 5.74) is 0. The molecule has 0 aromatic rings. The number of carbonyl (C=O) groups is 1. The summed E-state index contributed by atoms with van der Waals surface area (Å²) in [7, 11) is 0. The number of carbonyl (C=O) groups excluding carboxylic acids is 1. The van der Waals surface area contributed by atoms with Gasteiger partial charge in [-0.15, -0.1) is 0 Å². The molecule has 2 radical (unpaired) electrons. The molecule has 0 unspecified atom stereocenters. The summed E-state index contributed by atoms with van der Waals surface area (Å²) in [5, 5.41) is 35.0. The van der Waals surface area contributed by atoms with Gasteiger partial charge < -0.3 is 25.2 Å². The molecule has 2 atom stereocenters. The molecule has 1 aliphatic rings. The topological polar surface area (TPSA) is 107 Å². The molecule has 0 fully saturated rings. The Labute approximate surface area is 122 Å². The molecule has 1 aliphatic heterocycles. The van der Waals surface area contributed by atoms with E-state index in [1.165, 1.54) is 0 Å². The van der Waals surface area contributed by atoms with Crippen molar-refractivity contribution in [2.24, 2.45) is 0 Å². The van der Waals surface area contributed by atoms with Crippen molar-refractivity contribution in [3.05, 3.63) is 11.5 Å². The standard InChI is InChI=1S/C6H8O6.Na.Pb.3H/c7-1-2(8)5-3(9)4(10)6(11)12-5;;;;;/h2,5,7-10H,1H2;;;;;/t2-,5+;;;;;/m0...../s1. The van der Waals surface area contributed by atoms with E-state index in [9.17, 15) is 4.79 Å². The van der Waals surface area contributed by atoms with Crippen molar-refractivity contribution < 1.29 is 30.0 Å². The average Bonchev–Trinajstić information content (AvgIpc) is 2.32. The Balaban J connectivity index is 0. The normalized spacial score (nSPS) is 22.1. The van der Waals surface area contributed by atoms with E-state index in [1.54, 1.807) is 0 Å². The summed E-state index contributed by atoms with van der Waals surface area (Å²) in [6.45, 7) is -0.671. The minimum absolute atomic E-state index is 0. The molecule has 14 heavy (non-hydrogen) atoms. The number of ether oxygens (including phenoxy) is 1. The molecule has 0 aromatic carbocycles. The van der Waals surface area contributed by atoms with E-state index < -0.39 is 36.3 Å². The molecule has 0 spiro atoms. The maximum atomic E-state index is 10.5. The third-order valence-corrected chi connectivity index (χ3v) is 1.48. The molecule has 76 valence electrons. The zero-order chi connectivity index (χ0) is 9.30. The number of hydrogen-bond acceptors (Lipinski definition) is 6. The molecule has 6 nitrogen and oxygen atoms in total. The second-order valence-electron chi connectivity index (χ2n) is 2.31. The first-order chi connectivity index (χ1) is 5.57. The van der Waals surface area contributed by atoms with Crippen LogP contribution in [-0.4, -0.2) is 102 Å². The van der Waals surface area contributed by atoms with Gasteiger partial charge in [-0.05, 0) is 0 Å². The molecule has 0 aliphatic carbocycles. The van der Waals surface area contributed by atoms with Crippen LogP contribution in [0.15, 0.2) is 11.5 Å². The van der Waals surface area contributed by atoms with E-state index in [2.05, 4.69) is 4.74 Å². The van der Waals surface area contributed by atoms with Crippen LogP contribution in [0.3, 0.4) is 0 Å². The molecule has 0 aromatic heterocycles. The second kappa shape index (κ2) is 7.01. The van der Waals surface area contributed by atoms with Crippen molar-refractivity contribution in [2.45, 2.75) is 12.2 Å². The fraction of sp³-hybridized carbons (Fsp3) is 0.500. The van der Waals surface area contributed by atoms with E-state index >= 15 is 0 Å². The van der Waals surface area contributed by atoms with Crippen molar-refractivity contribution in [3.8, 4) is 0 Å². The zero-order valence-electron chi connectivity index (χ0n) is 6.67. The van der Waals surface area contributed by atoms with Gasteiger partial charge in [-0.3, -0.25) is 0 Å². The van der Waals surface area contributed by atoms with Gasteiger partial charge in [-0.1, -0.05) is 0 Å². The van der Waals surface area contributed by atoms with Crippen molar-refractivity contribution >= 4 is 62.8 Å². The van der Waals surface area contributed by atoms with Gasteiger partial charge in [0.05, 0.1) is 6.61 Å². The van der Waals surface area contributed by atoms with Crippen LogP contribution < -0.4 is 0 Å². The molecule has 1 heterocycles. The first-order valence-corrected chi connectivity index (χ1v) is 3.20. The summed E-state index contributed by atoms with van der Waals surface area (Å²) in [4.78, 5) is 10.5. The Morgan fingerprint density at radius 1 is 1.43 bits per heavy atom. The molecule has 0 saturated carbocycles. The molecule has 8 heteroatoms. The van der Waals surface area contributed by atoms with Gasteiger partial charge in [0.15, 0.2) is 11.9 Å². The predicted octanol–water partition coefficient (Wildman–Crippen LogP) is -2.97. The van der Waals surface area contributed by atoms with Crippen LogP contribution in [0.2, 0.25) is 0 Å². The summed E-state index contributed by atoms with van der Waals surface area (Å²) in [5.74, 6) is -2.78. The summed E-state index contributed by atoms with van der Waals surface area (Å²) < 4.78 is 4.32. The first-order valence-electron chi connectivity index (χ1n) is 3.20. The van der Waals surface area contributed by atoms with Crippen molar-refractivity contribution in [1.29, 1.82) is 0 Å². The first kappa shape index (κ1) is 17.1. The molecule has 0 bridgehead atoms. The number of esters is 1. The zero-order valence-corrected chi connectivity index (χ0v) is 12.2. The number of cyclic esters (lactones) is 1. The average molecular weight is 409 g/mol. The third kappa shape index (κ3) is 3.35. The monoisotopic (exact) mass is 410 g/mol. The van der Waals surface area contributed by atoms with Crippen molar-refractivity contribution in [2.75, 3.05) is 6.61 Å². The van der Waals surface area contributed by atoms with Crippen molar-refractivity contribution in [1.82, 2.24) is 0 Å². The summed E-state index contributed by atoms with van der Waals surface area (Å²) >= 11 is 0. The number of rotatable bonds is 2. The van der Waals surface area contributed by atoms with Crippen molar-refractivity contribution in [3.63, 3.8) is 0 Å². The molecular formula is C6H11NaO6Pb. The van der Waals surface area contributed by atoms with Gasteiger partial charge in [-0.25, -0.2) is 4.79 Å². The van der Waals surface area contributed by atoms with E-state index in [0.717, 1.165) is 0 Å². The molecule has 4 N–H and O–H groups in total. The van der Waals surface area contributed by atoms with E-state index in [-0.39, 0.29) is 56.9 Å². The number of aliphatic hydroxyl groups excluding tert-OH is 4. The fourth-order valence-electron chi connectivity index (χ4n) is 0.823. The van der Waals surface area contributed by atoms with Crippen LogP contribution in [0.5, 0.6) is 0 Å². The molecule has 0 saturated heterocycles. The fourth-order valence-corrected chi connectivity index (χ4v) is 0.823.